The van der Waals surface area contributed by atoms with E-state index >= 15 is 0 Å². The fraction of sp³-hybridized carbons (Fsp3) is 0.0667. The number of nitrogens with one attached hydrogen (secondary N) is 1. The molecule has 4 nitrogen and oxygen atoms in total. The van der Waals surface area contributed by atoms with Gasteiger partial charge in [-0.15, -0.1) is 0 Å². The summed E-state index contributed by atoms with van der Waals surface area (Å²) in [6, 6.07) is 15.2. The molecule has 0 radical (unpaired) electrons. The number of nitrogens with zero attached hydrogens (tertiary/aromatic N) is 1. The molecule has 94 valence electrons. The van der Waals surface area contributed by atoms with E-state index in [1.165, 1.54) is 6.33 Å². The van der Waals surface area contributed by atoms with E-state index in [-0.39, 0.29) is 5.56 Å². The van der Waals surface area contributed by atoms with Gasteiger partial charge in [0.15, 0.2) is 0 Å². The number of rotatable bonds is 3. The average Bonchev–Trinajstić information content (AvgIpc) is 2.46. The first-order valence-corrected chi connectivity index (χ1v) is 5.98. The molecule has 0 unspecified atom stereocenters. The summed E-state index contributed by atoms with van der Waals surface area (Å²) < 4.78 is 5.73. The molecule has 3 rings (SSSR count). The Hall–Kier alpha value is -2.62. The normalized spacial score (nSPS) is 10.5. The number of aromatic amines is 1. The third-order valence-electron chi connectivity index (χ3n) is 2.87. The number of hydrogen-bond donors (Lipinski definition) is 1. The van der Waals surface area contributed by atoms with Gasteiger partial charge in [0.25, 0.3) is 5.56 Å². The van der Waals surface area contributed by atoms with Crippen molar-refractivity contribution < 1.29 is 4.74 Å². The standard InChI is InChI=1S/C15H12N2O2/c18-15-14-12(16-10-17-15)7-4-8-13(14)19-9-11-5-2-1-3-6-11/h1-8,10H,9H2,(H,16,17,18). The van der Waals surface area contributed by atoms with Crippen molar-refractivity contribution in [3.63, 3.8) is 0 Å². The van der Waals surface area contributed by atoms with Crippen molar-refractivity contribution in [3.05, 3.63) is 70.8 Å². The minimum atomic E-state index is -0.186. The number of aromatic nitrogens is 2. The number of benzene rings is 2. The summed E-state index contributed by atoms with van der Waals surface area (Å²) in [5.74, 6) is 0.552. The molecule has 1 N–H and O–H groups in total. The second-order valence-corrected chi connectivity index (χ2v) is 4.16. The van der Waals surface area contributed by atoms with E-state index in [0.29, 0.717) is 23.3 Å². The number of H-pyrrole nitrogens is 1. The van der Waals surface area contributed by atoms with E-state index in [9.17, 15) is 4.79 Å². The Balaban J connectivity index is 1.95. The van der Waals surface area contributed by atoms with E-state index in [0.717, 1.165) is 5.56 Å². The minimum Gasteiger partial charge on any atom is -0.488 e. The Bertz CT molecular complexity index is 745. The van der Waals surface area contributed by atoms with Crippen LogP contribution in [0.4, 0.5) is 0 Å². The van der Waals surface area contributed by atoms with E-state index in [2.05, 4.69) is 9.97 Å². The van der Waals surface area contributed by atoms with Crippen molar-refractivity contribution in [3.8, 4) is 5.75 Å². The Morgan fingerprint density at radius 3 is 2.74 bits per heavy atom. The van der Waals surface area contributed by atoms with Gasteiger partial charge in [0, 0.05) is 0 Å². The zero-order valence-corrected chi connectivity index (χ0v) is 10.2. The predicted octanol–water partition coefficient (Wildman–Crippen LogP) is 2.50. The van der Waals surface area contributed by atoms with Gasteiger partial charge in [-0.05, 0) is 17.7 Å². The first-order chi connectivity index (χ1) is 9.34. The van der Waals surface area contributed by atoms with Gasteiger partial charge in [0.05, 0.1) is 11.8 Å². The van der Waals surface area contributed by atoms with Gasteiger partial charge in [-0.25, -0.2) is 4.98 Å². The second kappa shape index (κ2) is 4.94. The molecular formula is C15H12N2O2. The molecule has 0 bridgehead atoms. The van der Waals surface area contributed by atoms with Crippen LogP contribution in [0.1, 0.15) is 5.56 Å². The highest BCUT2D eigenvalue weighted by molar-refractivity contribution is 5.83. The molecular weight excluding hydrogens is 240 g/mol. The monoisotopic (exact) mass is 252 g/mol. The topological polar surface area (TPSA) is 55.0 Å². The number of fused-ring (bicyclic) bond motifs is 1. The molecule has 1 aromatic heterocycles. The highest BCUT2D eigenvalue weighted by atomic mass is 16.5. The zero-order chi connectivity index (χ0) is 13.1. The van der Waals surface area contributed by atoms with Crippen LogP contribution >= 0.6 is 0 Å². The lowest BCUT2D eigenvalue weighted by Crippen LogP contribution is -2.08. The van der Waals surface area contributed by atoms with Crippen LogP contribution in [0.5, 0.6) is 5.75 Å². The van der Waals surface area contributed by atoms with Crippen LogP contribution in [-0.2, 0) is 6.61 Å². The van der Waals surface area contributed by atoms with Gasteiger partial charge in [-0.2, -0.15) is 0 Å². The van der Waals surface area contributed by atoms with Crippen molar-refractivity contribution in [2.45, 2.75) is 6.61 Å². The van der Waals surface area contributed by atoms with Gasteiger partial charge >= 0.3 is 0 Å². The molecule has 0 aliphatic heterocycles. The zero-order valence-electron chi connectivity index (χ0n) is 10.2. The highest BCUT2D eigenvalue weighted by Gasteiger charge is 2.06. The summed E-state index contributed by atoms with van der Waals surface area (Å²) in [4.78, 5) is 18.5. The summed E-state index contributed by atoms with van der Waals surface area (Å²) in [5, 5.41) is 0.487. The lowest BCUT2D eigenvalue weighted by atomic mass is 10.2. The molecule has 2 aromatic carbocycles. The first kappa shape index (κ1) is 11.5. The molecule has 0 saturated heterocycles. The summed E-state index contributed by atoms with van der Waals surface area (Å²) in [5.41, 5.74) is 1.50. The summed E-state index contributed by atoms with van der Waals surface area (Å²) >= 11 is 0. The van der Waals surface area contributed by atoms with Gasteiger partial charge < -0.3 is 9.72 Å². The molecule has 0 fully saturated rings. The molecule has 0 saturated carbocycles. The molecule has 1 heterocycles. The van der Waals surface area contributed by atoms with E-state index in [4.69, 9.17) is 4.74 Å². The summed E-state index contributed by atoms with van der Waals surface area (Å²) in [6.07, 6.45) is 1.39. The third-order valence-corrected chi connectivity index (χ3v) is 2.87. The minimum absolute atomic E-state index is 0.186. The van der Waals surface area contributed by atoms with Crippen LogP contribution in [0.3, 0.4) is 0 Å². The fourth-order valence-corrected chi connectivity index (χ4v) is 1.94. The average molecular weight is 252 g/mol. The Labute approximate surface area is 109 Å². The molecule has 0 spiro atoms. The summed E-state index contributed by atoms with van der Waals surface area (Å²) in [7, 11) is 0. The Morgan fingerprint density at radius 1 is 1.05 bits per heavy atom. The second-order valence-electron chi connectivity index (χ2n) is 4.16. The smallest absolute Gasteiger partial charge is 0.262 e. The molecule has 19 heavy (non-hydrogen) atoms. The molecule has 4 heteroatoms. The van der Waals surface area contributed by atoms with Crippen LogP contribution in [0, 0.1) is 0 Å². The van der Waals surface area contributed by atoms with Crippen LogP contribution in [0.25, 0.3) is 10.9 Å². The van der Waals surface area contributed by atoms with Gasteiger partial charge in [0.2, 0.25) is 0 Å². The van der Waals surface area contributed by atoms with Crippen molar-refractivity contribution in [1.29, 1.82) is 0 Å². The highest BCUT2D eigenvalue weighted by Crippen LogP contribution is 2.21. The Kier molecular flexibility index (Phi) is 2.98. The van der Waals surface area contributed by atoms with Crippen molar-refractivity contribution >= 4 is 10.9 Å². The molecule has 0 atom stereocenters. The SMILES string of the molecule is O=c1[nH]cnc2cccc(OCc3ccccc3)c12. The summed E-state index contributed by atoms with van der Waals surface area (Å²) in [6.45, 7) is 0.425. The van der Waals surface area contributed by atoms with E-state index in [1.807, 2.05) is 36.4 Å². The fourth-order valence-electron chi connectivity index (χ4n) is 1.94. The maximum atomic E-state index is 11.8. The molecule has 0 aliphatic rings. The quantitative estimate of drug-likeness (QED) is 0.779. The van der Waals surface area contributed by atoms with Crippen molar-refractivity contribution in [1.82, 2.24) is 9.97 Å². The van der Waals surface area contributed by atoms with Crippen molar-refractivity contribution in [2.75, 3.05) is 0 Å². The van der Waals surface area contributed by atoms with Crippen molar-refractivity contribution in [2.24, 2.45) is 0 Å². The Morgan fingerprint density at radius 2 is 1.89 bits per heavy atom. The van der Waals surface area contributed by atoms with E-state index < -0.39 is 0 Å². The largest absolute Gasteiger partial charge is 0.488 e. The predicted molar refractivity (Wildman–Crippen MR) is 73.1 cm³/mol. The maximum absolute atomic E-state index is 11.8. The number of hydrogen-bond acceptors (Lipinski definition) is 3. The van der Waals surface area contributed by atoms with E-state index in [1.54, 1.807) is 12.1 Å². The van der Waals surface area contributed by atoms with Gasteiger partial charge in [0.1, 0.15) is 17.7 Å². The van der Waals surface area contributed by atoms with Crippen LogP contribution < -0.4 is 10.3 Å². The van der Waals surface area contributed by atoms with Crippen LogP contribution in [0.2, 0.25) is 0 Å². The van der Waals surface area contributed by atoms with Gasteiger partial charge in [-0.3, -0.25) is 4.79 Å². The maximum Gasteiger partial charge on any atom is 0.262 e. The number of ether oxygens (including phenoxy) is 1. The first-order valence-electron chi connectivity index (χ1n) is 5.98. The van der Waals surface area contributed by atoms with Crippen LogP contribution in [-0.4, -0.2) is 9.97 Å². The van der Waals surface area contributed by atoms with Gasteiger partial charge in [-0.1, -0.05) is 36.4 Å². The lowest BCUT2D eigenvalue weighted by Gasteiger charge is -2.08. The van der Waals surface area contributed by atoms with Crippen LogP contribution in [0.15, 0.2) is 59.7 Å². The third kappa shape index (κ3) is 2.33. The lowest BCUT2D eigenvalue weighted by molar-refractivity contribution is 0.310. The molecule has 0 amide bonds. The molecule has 3 aromatic rings. The molecule has 0 aliphatic carbocycles.